The van der Waals surface area contributed by atoms with E-state index < -0.39 is 16.8 Å². The number of pyridine rings is 1. The summed E-state index contributed by atoms with van der Waals surface area (Å²) in [6.07, 6.45) is -4.70. The number of aromatic nitrogens is 1. The number of hydrogen-bond donors (Lipinski definition) is 3. The lowest BCUT2D eigenvalue weighted by molar-refractivity contribution is -0.274. The van der Waals surface area contributed by atoms with Crippen LogP contribution in [0.2, 0.25) is 5.02 Å². The maximum atomic E-state index is 12.1. The van der Waals surface area contributed by atoms with Gasteiger partial charge in [0.15, 0.2) is 0 Å². The maximum Gasteiger partial charge on any atom is 0.573 e. The number of benzene rings is 2. The fourth-order valence-electron chi connectivity index (χ4n) is 2.07. The van der Waals surface area contributed by atoms with Crippen LogP contribution in [-0.2, 0) is 10.4 Å². The molecule has 1 heterocycles. The van der Waals surface area contributed by atoms with Gasteiger partial charge in [0, 0.05) is 11.1 Å². The number of ether oxygens (including phenoxy) is 1. The Hall–Kier alpha value is -2.60. The molecule has 3 aromatic rings. The summed E-state index contributed by atoms with van der Waals surface area (Å²) in [4.78, 5) is 4.40. The highest BCUT2D eigenvalue weighted by molar-refractivity contribution is 7.79. The van der Waals surface area contributed by atoms with Crippen molar-refractivity contribution in [2.75, 3.05) is 5.32 Å². The molecule has 150 valence electrons. The van der Waals surface area contributed by atoms with E-state index in [0.29, 0.717) is 22.0 Å². The van der Waals surface area contributed by atoms with Gasteiger partial charge < -0.3 is 10.1 Å². The molecule has 0 amide bonds. The molecule has 0 unspecified atom stereocenters. The van der Waals surface area contributed by atoms with Crippen LogP contribution in [0.15, 0.2) is 54.6 Å². The number of alkyl halides is 3. The van der Waals surface area contributed by atoms with E-state index >= 15 is 0 Å². The molecule has 0 saturated heterocycles. The van der Waals surface area contributed by atoms with Crippen LogP contribution < -0.4 is 10.1 Å². The van der Waals surface area contributed by atoms with Gasteiger partial charge in [0.05, 0.1) is 10.5 Å². The molecular formula is C16H12ClF3N2O5S. The SMILES string of the molecule is FC(F)(F)Oc1ccc(Nc2ccc3cccc(Cl)c3n2)cc1.O=S(=O)(O)O. The molecule has 0 aliphatic heterocycles. The van der Waals surface area contributed by atoms with Crippen molar-refractivity contribution in [3.63, 3.8) is 0 Å². The van der Waals surface area contributed by atoms with Crippen LogP contribution in [0, 0.1) is 0 Å². The lowest BCUT2D eigenvalue weighted by Gasteiger charge is -2.10. The van der Waals surface area contributed by atoms with Crippen molar-refractivity contribution in [2.24, 2.45) is 0 Å². The molecule has 28 heavy (non-hydrogen) atoms. The summed E-state index contributed by atoms with van der Waals surface area (Å²) >= 11 is 6.10. The Morgan fingerprint density at radius 2 is 1.61 bits per heavy atom. The second-order valence-electron chi connectivity index (χ2n) is 5.15. The normalized spacial score (nSPS) is 11.5. The van der Waals surface area contributed by atoms with Crippen LogP contribution in [0.5, 0.6) is 5.75 Å². The molecule has 0 spiro atoms. The number of rotatable bonds is 3. The van der Waals surface area contributed by atoms with Crippen LogP contribution in [0.25, 0.3) is 10.9 Å². The van der Waals surface area contributed by atoms with Crippen LogP contribution in [-0.4, -0.2) is 28.9 Å². The van der Waals surface area contributed by atoms with E-state index in [-0.39, 0.29) is 5.75 Å². The highest BCUT2D eigenvalue weighted by Crippen LogP contribution is 2.27. The third-order valence-electron chi connectivity index (χ3n) is 3.03. The first-order chi connectivity index (χ1) is 12.9. The average molecular weight is 437 g/mol. The lowest BCUT2D eigenvalue weighted by atomic mass is 10.2. The Kier molecular flexibility index (Phi) is 6.67. The summed E-state index contributed by atoms with van der Waals surface area (Å²) < 4.78 is 71.7. The van der Waals surface area contributed by atoms with E-state index in [4.69, 9.17) is 29.1 Å². The second kappa shape index (κ2) is 8.61. The van der Waals surface area contributed by atoms with E-state index in [1.165, 1.54) is 24.3 Å². The van der Waals surface area contributed by atoms with Gasteiger partial charge in [-0.3, -0.25) is 9.11 Å². The van der Waals surface area contributed by atoms with E-state index in [1.54, 1.807) is 12.1 Å². The quantitative estimate of drug-likeness (QED) is 0.502. The Morgan fingerprint density at radius 1 is 1.00 bits per heavy atom. The molecule has 3 rings (SSSR count). The number of halogens is 4. The number of fused-ring (bicyclic) bond motifs is 1. The van der Waals surface area contributed by atoms with Gasteiger partial charge in [-0.25, -0.2) is 4.98 Å². The largest absolute Gasteiger partial charge is 0.573 e. The predicted octanol–water partition coefficient (Wildman–Crippen LogP) is 4.88. The first-order valence-electron chi connectivity index (χ1n) is 7.29. The number of para-hydroxylation sites is 1. The zero-order valence-electron chi connectivity index (χ0n) is 13.7. The summed E-state index contributed by atoms with van der Waals surface area (Å²) in [5.74, 6) is 0.257. The third kappa shape index (κ3) is 7.56. The summed E-state index contributed by atoms with van der Waals surface area (Å²) in [5.41, 5.74) is 1.23. The fraction of sp³-hybridized carbons (Fsp3) is 0.0625. The van der Waals surface area contributed by atoms with Crippen molar-refractivity contribution in [3.8, 4) is 5.75 Å². The smallest absolute Gasteiger partial charge is 0.406 e. The van der Waals surface area contributed by atoms with Crippen molar-refractivity contribution >= 4 is 44.4 Å². The zero-order chi connectivity index (χ0) is 20.9. The minimum Gasteiger partial charge on any atom is -0.406 e. The Bertz CT molecular complexity index is 1050. The molecule has 0 radical (unpaired) electrons. The highest BCUT2D eigenvalue weighted by Gasteiger charge is 2.30. The first kappa shape index (κ1) is 21.7. The van der Waals surface area contributed by atoms with Crippen LogP contribution in [0.4, 0.5) is 24.7 Å². The van der Waals surface area contributed by atoms with Crippen molar-refractivity contribution < 1.29 is 35.4 Å². The molecule has 2 aromatic carbocycles. The molecule has 0 atom stereocenters. The summed E-state index contributed by atoms with van der Waals surface area (Å²) in [5, 5.41) is 4.43. The molecule has 12 heteroatoms. The molecule has 1 aromatic heterocycles. The van der Waals surface area contributed by atoms with Crippen molar-refractivity contribution in [2.45, 2.75) is 6.36 Å². The average Bonchev–Trinajstić information content (AvgIpc) is 2.55. The predicted molar refractivity (Wildman–Crippen MR) is 97.3 cm³/mol. The highest BCUT2D eigenvalue weighted by atomic mass is 35.5. The monoisotopic (exact) mass is 436 g/mol. The molecule has 0 aliphatic carbocycles. The molecule has 0 aliphatic rings. The van der Waals surface area contributed by atoms with Gasteiger partial charge in [-0.05, 0) is 42.5 Å². The standard InChI is InChI=1S/C16H10ClF3N2O.H2O4S/c17-13-3-1-2-10-4-9-14(22-15(10)13)21-11-5-7-12(8-6-11)23-16(18,19)20;1-5(2,3)4/h1-9H,(H,21,22);(H2,1,2,3,4). The van der Waals surface area contributed by atoms with Crippen molar-refractivity contribution in [1.82, 2.24) is 4.98 Å². The molecule has 3 N–H and O–H groups in total. The van der Waals surface area contributed by atoms with Gasteiger partial charge >= 0.3 is 16.8 Å². The van der Waals surface area contributed by atoms with Gasteiger partial charge in [-0.1, -0.05) is 23.7 Å². The maximum absolute atomic E-state index is 12.1. The topological polar surface area (TPSA) is 109 Å². The number of nitrogens with one attached hydrogen (secondary N) is 1. The van der Waals surface area contributed by atoms with Gasteiger partial charge in [0.2, 0.25) is 0 Å². The van der Waals surface area contributed by atoms with E-state index in [2.05, 4.69) is 15.0 Å². The van der Waals surface area contributed by atoms with E-state index in [1.807, 2.05) is 18.2 Å². The molecule has 7 nitrogen and oxygen atoms in total. The summed E-state index contributed by atoms with van der Waals surface area (Å²) in [6, 6.07) is 14.5. The minimum absolute atomic E-state index is 0.280. The van der Waals surface area contributed by atoms with E-state index in [0.717, 1.165) is 5.39 Å². The fourth-order valence-corrected chi connectivity index (χ4v) is 2.29. The molecule has 0 fully saturated rings. The van der Waals surface area contributed by atoms with Gasteiger partial charge in [-0.15, -0.1) is 13.2 Å². The van der Waals surface area contributed by atoms with Crippen LogP contribution >= 0.6 is 11.6 Å². The van der Waals surface area contributed by atoms with Gasteiger partial charge in [0.1, 0.15) is 11.6 Å². The minimum atomic E-state index is -4.70. The summed E-state index contributed by atoms with van der Waals surface area (Å²) in [7, 11) is -4.67. The van der Waals surface area contributed by atoms with Crippen molar-refractivity contribution in [3.05, 3.63) is 59.6 Å². The second-order valence-corrected chi connectivity index (χ2v) is 6.46. The molecule has 0 saturated carbocycles. The Balaban J connectivity index is 0.000000500. The third-order valence-corrected chi connectivity index (χ3v) is 3.34. The van der Waals surface area contributed by atoms with Crippen LogP contribution in [0.1, 0.15) is 0 Å². The number of anilines is 2. The van der Waals surface area contributed by atoms with Crippen LogP contribution in [0.3, 0.4) is 0 Å². The number of nitrogens with zero attached hydrogens (tertiary/aromatic N) is 1. The molecule has 0 bridgehead atoms. The lowest BCUT2D eigenvalue weighted by Crippen LogP contribution is -2.16. The first-order valence-corrected chi connectivity index (χ1v) is 9.06. The van der Waals surface area contributed by atoms with E-state index in [9.17, 15) is 13.2 Å². The van der Waals surface area contributed by atoms with Gasteiger partial charge in [-0.2, -0.15) is 8.42 Å². The number of hydrogen-bond acceptors (Lipinski definition) is 5. The zero-order valence-corrected chi connectivity index (χ0v) is 15.3. The Labute approximate surface area is 162 Å². The van der Waals surface area contributed by atoms with Crippen molar-refractivity contribution in [1.29, 1.82) is 0 Å². The summed E-state index contributed by atoms with van der Waals surface area (Å²) in [6.45, 7) is 0. The Morgan fingerprint density at radius 3 is 2.18 bits per heavy atom. The van der Waals surface area contributed by atoms with Gasteiger partial charge in [0.25, 0.3) is 0 Å². The molecular weight excluding hydrogens is 425 g/mol.